The van der Waals surface area contributed by atoms with Gasteiger partial charge in [-0.15, -0.1) is 0 Å². The molecule has 88 valence electrons. The van der Waals surface area contributed by atoms with Crippen LogP contribution in [-0.4, -0.2) is 34.2 Å². The zero-order valence-electron chi connectivity index (χ0n) is 8.05. The topological polar surface area (TPSA) is 93.6 Å². The van der Waals surface area contributed by atoms with Crippen LogP contribution in [0.15, 0.2) is 15.8 Å². The number of aromatic amines is 1. The van der Waals surface area contributed by atoms with Gasteiger partial charge in [0.25, 0.3) is 5.56 Å². The molecule has 0 amide bonds. The van der Waals surface area contributed by atoms with E-state index in [9.17, 15) is 9.59 Å². The fourth-order valence-electron chi connectivity index (χ4n) is 1.40. The highest BCUT2D eigenvalue weighted by molar-refractivity contribution is 14.1. The average Bonchev–Trinajstić information content (AvgIpc) is 2.73. The number of rotatable bonds is 2. The Morgan fingerprint density at radius 3 is 3.00 bits per heavy atom. The number of ether oxygens (including phenoxy) is 2. The summed E-state index contributed by atoms with van der Waals surface area (Å²) in [6, 6.07) is 0. The average molecular weight is 340 g/mol. The third-order valence-electron chi connectivity index (χ3n) is 2.13. The van der Waals surface area contributed by atoms with Gasteiger partial charge in [0.15, 0.2) is 12.5 Å². The molecule has 0 spiro atoms. The Morgan fingerprint density at radius 1 is 1.62 bits per heavy atom. The first-order valence-corrected chi connectivity index (χ1v) is 5.59. The highest BCUT2D eigenvalue weighted by Crippen LogP contribution is 2.17. The number of hydrogen-bond acceptors (Lipinski definition) is 5. The van der Waals surface area contributed by atoms with Crippen molar-refractivity contribution in [2.24, 2.45) is 0 Å². The number of halogens is 1. The van der Waals surface area contributed by atoms with Gasteiger partial charge in [0.05, 0.1) is 16.8 Å². The number of aromatic nitrogens is 2. The lowest BCUT2D eigenvalue weighted by Gasteiger charge is -2.11. The molecule has 1 aromatic rings. The van der Waals surface area contributed by atoms with E-state index in [2.05, 4.69) is 4.98 Å². The fourth-order valence-corrected chi connectivity index (χ4v) is 1.82. The van der Waals surface area contributed by atoms with E-state index in [1.165, 1.54) is 6.20 Å². The van der Waals surface area contributed by atoms with Crippen LogP contribution in [0.25, 0.3) is 0 Å². The molecule has 2 atom stereocenters. The summed E-state index contributed by atoms with van der Waals surface area (Å²) in [5.74, 6) is 0. The van der Waals surface area contributed by atoms with E-state index in [4.69, 9.17) is 14.6 Å². The second-order valence-corrected chi connectivity index (χ2v) is 4.32. The number of nitrogens with one attached hydrogen (secondary N) is 1. The van der Waals surface area contributed by atoms with E-state index in [-0.39, 0.29) is 13.2 Å². The van der Waals surface area contributed by atoms with Crippen LogP contribution in [0.5, 0.6) is 0 Å². The molecule has 2 N–H and O–H groups in total. The quantitative estimate of drug-likeness (QED) is 0.674. The Hall–Kier alpha value is -0.710. The molecule has 0 bridgehead atoms. The second-order valence-electron chi connectivity index (χ2n) is 3.15. The normalized spacial score (nSPS) is 24.9. The summed E-state index contributed by atoms with van der Waals surface area (Å²) in [5.41, 5.74) is -0.992. The summed E-state index contributed by atoms with van der Waals surface area (Å²) >= 11 is 1.82. The lowest BCUT2D eigenvalue weighted by molar-refractivity contribution is -0.0997. The number of nitrogens with zero attached hydrogens (tertiary/aromatic N) is 1. The van der Waals surface area contributed by atoms with E-state index < -0.39 is 23.8 Å². The zero-order chi connectivity index (χ0) is 11.7. The Balaban J connectivity index is 2.38. The highest BCUT2D eigenvalue weighted by Gasteiger charge is 2.29. The lowest BCUT2D eigenvalue weighted by atomic mass is 10.5. The van der Waals surface area contributed by atoms with Gasteiger partial charge in [-0.25, -0.2) is 9.36 Å². The molecule has 1 aromatic heterocycles. The lowest BCUT2D eigenvalue weighted by Crippen LogP contribution is -2.40. The molecule has 7 nitrogen and oxygen atoms in total. The molecule has 0 saturated carbocycles. The molecule has 8 heteroatoms. The predicted octanol–water partition coefficient (Wildman–Crippen LogP) is -0.995. The van der Waals surface area contributed by atoms with Crippen molar-refractivity contribution in [3.63, 3.8) is 0 Å². The number of hydrogen-bond donors (Lipinski definition) is 2. The maximum atomic E-state index is 11.7. The molecular weight excluding hydrogens is 331 g/mol. The summed E-state index contributed by atoms with van der Waals surface area (Å²) in [6.07, 6.45) is -0.238. The van der Waals surface area contributed by atoms with E-state index in [1.807, 2.05) is 22.6 Å². The van der Waals surface area contributed by atoms with Crippen molar-refractivity contribution in [1.82, 2.24) is 9.55 Å². The minimum absolute atomic E-state index is 0.0638. The van der Waals surface area contributed by atoms with Crippen molar-refractivity contribution >= 4 is 22.6 Å². The third kappa shape index (κ3) is 2.05. The Kier molecular flexibility index (Phi) is 3.42. The summed E-state index contributed by atoms with van der Waals surface area (Å²) in [4.78, 5) is 25.6. The van der Waals surface area contributed by atoms with Gasteiger partial charge in [-0.1, -0.05) is 0 Å². The molecule has 0 aromatic carbocycles. The van der Waals surface area contributed by atoms with E-state index >= 15 is 0 Å². The van der Waals surface area contributed by atoms with Crippen LogP contribution in [-0.2, 0) is 9.47 Å². The van der Waals surface area contributed by atoms with Crippen LogP contribution in [0.2, 0.25) is 0 Å². The minimum atomic E-state index is -0.789. The van der Waals surface area contributed by atoms with Crippen molar-refractivity contribution in [2.45, 2.75) is 12.5 Å². The largest absolute Gasteiger partial charge is 0.391 e. The van der Waals surface area contributed by atoms with E-state index in [1.54, 1.807) is 0 Å². The molecular formula is C8H9IN2O5. The van der Waals surface area contributed by atoms with Gasteiger partial charge >= 0.3 is 5.69 Å². The smallest absolute Gasteiger partial charge is 0.330 e. The van der Waals surface area contributed by atoms with E-state index in [0.717, 1.165) is 4.57 Å². The number of aliphatic hydroxyl groups excluding tert-OH is 1. The number of aliphatic hydroxyl groups is 1. The number of H-pyrrole nitrogens is 1. The Labute approximate surface area is 103 Å². The monoisotopic (exact) mass is 340 g/mol. The van der Waals surface area contributed by atoms with Crippen molar-refractivity contribution in [3.8, 4) is 0 Å². The molecule has 2 rings (SSSR count). The van der Waals surface area contributed by atoms with Crippen molar-refractivity contribution in [2.75, 3.05) is 13.2 Å². The molecule has 1 saturated heterocycles. The zero-order valence-corrected chi connectivity index (χ0v) is 10.2. The van der Waals surface area contributed by atoms with Crippen molar-refractivity contribution < 1.29 is 14.6 Å². The van der Waals surface area contributed by atoms with Gasteiger partial charge in [0, 0.05) is 6.20 Å². The van der Waals surface area contributed by atoms with Crippen LogP contribution in [0, 0.1) is 3.57 Å². The van der Waals surface area contributed by atoms with Crippen LogP contribution in [0.1, 0.15) is 6.23 Å². The molecule has 0 radical (unpaired) electrons. The van der Waals surface area contributed by atoms with Gasteiger partial charge in [-0.3, -0.25) is 4.79 Å². The molecule has 2 unspecified atom stereocenters. The van der Waals surface area contributed by atoms with Crippen molar-refractivity contribution in [1.29, 1.82) is 0 Å². The Bertz CT molecular complexity index is 496. The standard InChI is InChI=1S/C8H9IN2O5/c9-4-1-10-8(14)11(7(4)13)5-3-15-6(2-12)16-5/h1,5-6,12H,2-3H2,(H,10,14). The molecule has 0 aliphatic carbocycles. The van der Waals surface area contributed by atoms with Crippen LogP contribution < -0.4 is 11.2 Å². The Morgan fingerprint density at radius 2 is 2.38 bits per heavy atom. The molecule has 16 heavy (non-hydrogen) atoms. The van der Waals surface area contributed by atoms with Gasteiger partial charge in [-0.2, -0.15) is 0 Å². The van der Waals surface area contributed by atoms with Crippen molar-refractivity contribution in [3.05, 3.63) is 30.6 Å². The second kappa shape index (κ2) is 4.65. The maximum absolute atomic E-state index is 11.7. The molecule has 1 aliphatic rings. The fraction of sp³-hybridized carbons (Fsp3) is 0.500. The van der Waals surface area contributed by atoms with Crippen LogP contribution >= 0.6 is 22.6 Å². The first-order chi connectivity index (χ1) is 7.63. The molecule has 2 heterocycles. The highest BCUT2D eigenvalue weighted by atomic mass is 127. The predicted molar refractivity (Wildman–Crippen MR) is 61.0 cm³/mol. The first kappa shape index (κ1) is 11.8. The summed E-state index contributed by atoms with van der Waals surface area (Å²) in [6.45, 7) is -0.249. The SMILES string of the molecule is O=c1[nH]cc(I)c(=O)n1C1COC(CO)O1. The van der Waals surface area contributed by atoms with Gasteiger partial charge in [0.1, 0.15) is 0 Å². The summed E-state index contributed by atoms with van der Waals surface area (Å²) in [7, 11) is 0. The summed E-state index contributed by atoms with van der Waals surface area (Å²) < 4.78 is 11.5. The van der Waals surface area contributed by atoms with Gasteiger partial charge < -0.3 is 19.6 Å². The summed E-state index contributed by atoms with van der Waals surface area (Å²) in [5, 5.41) is 8.80. The van der Waals surface area contributed by atoms with Gasteiger partial charge in [-0.05, 0) is 22.6 Å². The van der Waals surface area contributed by atoms with Gasteiger partial charge in [0.2, 0.25) is 0 Å². The maximum Gasteiger partial charge on any atom is 0.330 e. The third-order valence-corrected chi connectivity index (χ3v) is 2.91. The molecule has 1 aliphatic heterocycles. The van der Waals surface area contributed by atoms with Crippen LogP contribution in [0.4, 0.5) is 0 Å². The first-order valence-electron chi connectivity index (χ1n) is 4.51. The van der Waals surface area contributed by atoms with E-state index in [0.29, 0.717) is 3.57 Å². The molecule has 1 fully saturated rings. The van der Waals surface area contributed by atoms with Crippen LogP contribution in [0.3, 0.4) is 0 Å². The minimum Gasteiger partial charge on any atom is -0.391 e.